The van der Waals surface area contributed by atoms with Crippen LogP contribution in [0.3, 0.4) is 0 Å². The van der Waals surface area contributed by atoms with Gasteiger partial charge in [0.25, 0.3) is 0 Å². The third kappa shape index (κ3) is 6.62. The van der Waals surface area contributed by atoms with E-state index in [0.29, 0.717) is 41.1 Å². The Kier molecular flexibility index (Phi) is 9.43. The highest BCUT2D eigenvalue weighted by atomic mass is 32.1. The number of esters is 1. The Morgan fingerprint density at radius 1 is 1.20 bits per heavy atom. The number of hydrogen-bond donors (Lipinski definition) is 2. The van der Waals surface area contributed by atoms with E-state index in [4.69, 9.17) is 26.4 Å². The van der Waals surface area contributed by atoms with Gasteiger partial charge in [-0.3, -0.25) is 0 Å². The van der Waals surface area contributed by atoms with Crippen LogP contribution in [0, 0.1) is 5.92 Å². The van der Waals surface area contributed by atoms with E-state index >= 15 is 0 Å². The quantitative estimate of drug-likeness (QED) is 0.299. The summed E-state index contributed by atoms with van der Waals surface area (Å²) in [6.07, 6.45) is 4.57. The molecule has 0 spiro atoms. The van der Waals surface area contributed by atoms with Crippen molar-refractivity contribution in [2.75, 3.05) is 20.3 Å². The number of allylic oxidation sites excluding steroid dienone is 1. The van der Waals surface area contributed by atoms with Crippen molar-refractivity contribution >= 4 is 23.3 Å². The number of rotatable bonds is 11. The molecule has 1 aromatic carbocycles. The van der Waals surface area contributed by atoms with E-state index in [9.17, 15) is 4.79 Å². The molecule has 6 nitrogen and oxygen atoms in total. The second-order valence-electron chi connectivity index (χ2n) is 7.88. The second kappa shape index (κ2) is 11.8. The van der Waals surface area contributed by atoms with Crippen LogP contribution in [0.25, 0.3) is 0 Å². The molecule has 0 aromatic heterocycles. The van der Waals surface area contributed by atoms with Crippen molar-refractivity contribution in [2.45, 2.75) is 59.4 Å². The highest BCUT2D eigenvalue weighted by Gasteiger charge is 2.31. The predicted molar refractivity (Wildman–Crippen MR) is 123 cm³/mol. The smallest absolute Gasteiger partial charge is 0.338 e. The summed E-state index contributed by atoms with van der Waals surface area (Å²) >= 11 is 5.32. The predicted octanol–water partition coefficient (Wildman–Crippen LogP) is 4.65. The van der Waals surface area contributed by atoms with Gasteiger partial charge in [0.1, 0.15) is 0 Å². The molecule has 0 fully saturated rings. The molecule has 0 radical (unpaired) electrons. The van der Waals surface area contributed by atoms with Crippen LogP contribution in [0.1, 0.15) is 65.0 Å². The maximum atomic E-state index is 12.8. The van der Waals surface area contributed by atoms with E-state index in [2.05, 4.69) is 17.6 Å². The average Bonchev–Trinajstić information content (AvgIpc) is 2.71. The zero-order chi connectivity index (χ0) is 22.1. The fraction of sp³-hybridized carbons (Fsp3) is 0.565. The lowest BCUT2D eigenvalue weighted by Gasteiger charge is -2.30. The van der Waals surface area contributed by atoms with Gasteiger partial charge >= 0.3 is 5.97 Å². The molecule has 1 atom stereocenters. The Bertz CT molecular complexity index is 776. The Labute approximate surface area is 185 Å². The number of nitrogens with one attached hydrogen (secondary N) is 2. The van der Waals surface area contributed by atoms with Crippen molar-refractivity contribution in [3.05, 3.63) is 35.0 Å². The number of benzene rings is 1. The zero-order valence-electron chi connectivity index (χ0n) is 18.7. The highest BCUT2D eigenvalue weighted by molar-refractivity contribution is 7.80. The fourth-order valence-electron chi connectivity index (χ4n) is 3.23. The van der Waals surface area contributed by atoms with Gasteiger partial charge in [0.15, 0.2) is 16.6 Å². The van der Waals surface area contributed by atoms with Crippen LogP contribution in [0.4, 0.5) is 0 Å². The molecule has 0 saturated carbocycles. The van der Waals surface area contributed by atoms with Crippen LogP contribution in [0.15, 0.2) is 29.5 Å². The molecule has 0 amide bonds. The zero-order valence-corrected chi connectivity index (χ0v) is 19.5. The van der Waals surface area contributed by atoms with Crippen LogP contribution in [0.5, 0.6) is 11.5 Å². The lowest BCUT2D eigenvalue weighted by Crippen LogP contribution is -2.45. The van der Waals surface area contributed by atoms with Crippen molar-refractivity contribution in [1.82, 2.24) is 10.6 Å². The van der Waals surface area contributed by atoms with Crippen molar-refractivity contribution in [3.63, 3.8) is 0 Å². The van der Waals surface area contributed by atoms with E-state index < -0.39 is 6.04 Å². The van der Waals surface area contributed by atoms with Gasteiger partial charge in [-0.25, -0.2) is 4.79 Å². The summed E-state index contributed by atoms with van der Waals surface area (Å²) in [4.78, 5) is 12.8. The first kappa shape index (κ1) is 24.0. The number of carbonyl (C=O) groups is 1. The first-order valence-corrected chi connectivity index (χ1v) is 11.0. The summed E-state index contributed by atoms with van der Waals surface area (Å²) in [5, 5.41) is 6.68. The molecule has 0 unspecified atom stereocenters. The second-order valence-corrected chi connectivity index (χ2v) is 8.29. The number of unbranched alkanes of at least 4 members (excludes halogenated alkanes) is 3. The first-order valence-electron chi connectivity index (χ1n) is 10.6. The van der Waals surface area contributed by atoms with E-state index in [0.717, 1.165) is 18.4 Å². The highest BCUT2D eigenvalue weighted by Crippen LogP contribution is 2.34. The number of carbonyl (C=O) groups excluding carboxylic acids is 1. The van der Waals surface area contributed by atoms with E-state index in [-0.39, 0.29) is 11.9 Å². The van der Waals surface area contributed by atoms with E-state index in [1.54, 1.807) is 7.11 Å². The molecule has 0 aliphatic carbocycles. The van der Waals surface area contributed by atoms with Crippen molar-refractivity contribution in [2.24, 2.45) is 5.92 Å². The molecule has 30 heavy (non-hydrogen) atoms. The van der Waals surface area contributed by atoms with Crippen molar-refractivity contribution < 1.29 is 19.0 Å². The fourth-order valence-corrected chi connectivity index (χ4v) is 3.50. The van der Waals surface area contributed by atoms with Gasteiger partial charge in [0, 0.05) is 5.70 Å². The SMILES string of the molecule is CCCCCCOc1ccc([C@@H]2NC(=S)NC(C)=C2C(=O)OCC(C)C)cc1OC. The van der Waals surface area contributed by atoms with E-state index in [1.165, 1.54) is 12.8 Å². The summed E-state index contributed by atoms with van der Waals surface area (Å²) < 4.78 is 17.0. The topological polar surface area (TPSA) is 68.8 Å². The Hall–Kier alpha value is -2.28. The van der Waals surface area contributed by atoms with Gasteiger partial charge in [0.05, 0.1) is 31.9 Å². The molecule has 2 N–H and O–H groups in total. The van der Waals surface area contributed by atoms with Crippen molar-refractivity contribution in [3.8, 4) is 11.5 Å². The van der Waals surface area contributed by atoms with Crippen LogP contribution in [-0.2, 0) is 9.53 Å². The minimum absolute atomic E-state index is 0.257. The lowest BCUT2D eigenvalue weighted by molar-refractivity contribution is -0.140. The first-order chi connectivity index (χ1) is 14.4. The summed E-state index contributed by atoms with van der Waals surface area (Å²) in [7, 11) is 1.61. The largest absolute Gasteiger partial charge is 0.493 e. The number of ether oxygens (including phenoxy) is 3. The van der Waals surface area contributed by atoms with Gasteiger partial charge < -0.3 is 24.8 Å². The van der Waals surface area contributed by atoms with Gasteiger partial charge in [-0.1, -0.05) is 46.1 Å². The molecule has 1 aliphatic rings. The summed E-state index contributed by atoms with van der Waals surface area (Å²) in [5.41, 5.74) is 2.05. The molecule has 166 valence electrons. The average molecular weight is 435 g/mol. The summed E-state index contributed by atoms with van der Waals surface area (Å²) in [5.74, 6) is 1.22. The van der Waals surface area contributed by atoms with Crippen LogP contribution in [-0.4, -0.2) is 31.4 Å². The minimum Gasteiger partial charge on any atom is -0.493 e. The van der Waals surface area contributed by atoms with E-state index in [1.807, 2.05) is 39.0 Å². The van der Waals surface area contributed by atoms with Gasteiger partial charge in [-0.2, -0.15) is 0 Å². The molecular weight excluding hydrogens is 400 g/mol. The summed E-state index contributed by atoms with van der Waals surface area (Å²) in [6, 6.07) is 5.27. The molecule has 0 bridgehead atoms. The maximum absolute atomic E-state index is 12.8. The third-order valence-electron chi connectivity index (χ3n) is 4.81. The molecule has 1 aromatic rings. The molecule has 1 heterocycles. The van der Waals surface area contributed by atoms with Crippen LogP contribution >= 0.6 is 12.2 Å². The third-order valence-corrected chi connectivity index (χ3v) is 5.03. The van der Waals surface area contributed by atoms with Crippen LogP contribution in [0.2, 0.25) is 0 Å². The lowest BCUT2D eigenvalue weighted by atomic mass is 9.95. The van der Waals surface area contributed by atoms with Crippen molar-refractivity contribution in [1.29, 1.82) is 0 Å². The standard InChI is InChI=1S/C23H34N2O4S/c1-6-7-8-9-12-28-18-11-10-17(13-19(18)27-5)21-20(16(4)24-23(30)25-21)22(26)29-14-15(2)3/h10-11,13,15,21H,6-9,12,14H2,1-5H3,(H2,24,25,30)/t21-/m0/s1. The number of hydrogen-bond acceptors (Lipinski definition) is 5. The Morgan fingerprint density at radius 2 is 1.97 bits per heavy atom. The minimum atomic E-state index is -0.425. The van der Waals surface area contributed by atoms with Gasteiger partial charge in [0.2, 0.25) is 0 Å². The molecule has 0 saturated heterocycles. The number of thiocarbonyl (C=S) groups is 1. The normalized spacial score (nSPS) is 16.2. The number of methoxy groups -OCH3 is 1. The Balaban J connectivity index is 2.22. The molecule has 1 aliphatic heterocycles. The molecule has 7 heteroatoms. The Morgan fingerprint density at radius 3 is 2.63 bits per heavy atom. The van der Waals surface area contributed by atoms with Gasteiger partial charge in [-0.15, -0.1) is 0 Å². The van der Waals surface area contributed by atoms with Gasteiger partial charge in [-0.05, 0) is 49.2 Å². The summed E-state index contributed by atoms with van der Waals surface area (Å²) in [6.45, 7) is 9.04. The molecular formula is C23H34N2O4S. The van der Waals surface area contributed by atoms with Crippen LogP contribution < -0.4 is 20.1 Å². The maximum Gasteiger partial charge on any atom is 0.338 e. The monoisotopic (exact) mass is 434 g/mol. The molecule has 2 rings (SSSR count).